The monoisotopic (exact) mass is 156 g/mol. The summed E-state index contributed by atoms with van der Waals surface area (Å²) >= 11 is 3.15. The average Bonchev–Trinajstić information content (AvgIpc) is 0.918. The Morgan fingerprint density at radius 3 is 1.40 bits per heavy atom. The third-order valence-corrected chi connectivity index (χ3v) is 0. The molecule has 0 spiro atoms. The Hall–Kier alpha value is 2.01. The van der Waals surface area contributed by atoms with Crippen molar-refractivity contribution in [3.05, 3.63) is 0 Å². The maximum absolute atomic E-state index is 3.15. The van der Waals surface area contributed by atoms with Crippen molar-refractivity contribution >= 4 is 62.0 Å². The Kier molecular flexibility index (Phi) is 52.4. The Morgan fingerprint density at radius 1 is 1.40 bits per heavy atom. The van der Waals surface area contributed by atoms with Crippen LogP contribution in [0.2, 0.25) is 0 Å². The molecular formula is C2H5BrMg2+4. The fourth-order valence-electron chi connectivity index (χ4n) is 0. The first-order valence-corrected chi connectivity index (χ1v) is 2.10. The second-order valence-electron chi connectivity index (χ2n) is 0.267. The van der Waals surface area contributed by atoms with Crippen molar-refractivity contribution in [1.29, 1.82) is 0 Å². The zero-order valence-corrected chi connectivity index (χ0v) is 7.91. The number of hydrogen-bond acceptors (Lipinski definition) is 0. The predicted molar refractivity (Wildman–Crippen MR) is 31.0 cm³/mol. The molecule has 5 heavy (non-hydrogen) atoms. The van der Waals surface area contributed by atoms with Crippen LogP contribution in [0, 0.1) is 0 Å². The van der Waals surface area contributed by atoms with E-state index in [1.165, 1.54) is 0 Å². The molecule has 0 bridgehead atoms. The van der Waals surface area contributed by atoms with E-state index in [0.29, 0.717) is 0 Å². The number of halogens is 1. The van der Waals surface area contributed by atoms with Gasteiger partial charge in [-0.05, 0) is 0 Å². The van der Waals surface area contributed by atoms with E-state index >= 15 is 0 Å². The van der Waals surface area contributed by atoms with Gasteiger partial charge in [0.15, 0.2) is 0 Å². The first kappa shape index (κ1) is 15.7. The van der Waals surface area contributed by atoms with Gasteiger partial charge < -0.3 is 0 Å². The van der Waals surface area contributed by atoms with Gasteiger partial charge in [-0.25, -0.2) is 0 Å². The van der Waals surface area contributed by atoms with Gasteiger partial charge in [0, 0.05) is 5.33 Å². The summed E-state index contributed by atoms with van der Waals surface area (Å²) in [7, 11) is 0. The fraction of sp³-hybridized carbons (Fsp3) is 1.00. The van der Waals surface area contributed by atoms with Crippen molar-refractivity contribution in [2.45, 2.75) is 6.92 Å². The molecule has 0 unspecified atom stereocenters. The number of rotatable bonds is 0. The summed E-state index contributed by atoms with van der Waals surface area (Å²) in [4.78, 5) is 0. The van der Waals surface area contributed by atoms with Crippen LogP contribution in [0.5, 0.6) is 0 Å². The van der Waals surface area contributed by atoms with E-state index in [0.717, 1.165) is 5.33 Å². The van der Waals surface area contributed by atoms with E-state index in [2.05, 4.69) is 15.9 Å². The standard InChI is InChI=1S/C2H5Br.2Mg/c1-2-3;;/h2H2,1H3;;/q;2*+2. The van der Waals surface area contributed by atoms with Gasteiger partial charge in [-0.2, -0.15) is 0 Å². The van der Waals surface area contributed by atoms with Crippen LogP contribution in [0.4, 0.5) is 0 Å². The van der Waals surface area contributed by atoms with Crippen LogP contribution in [0.15, 0.2) is 0 Å². The molecule has 0 aliphatic rings. The van der Waals surface area contributed by atoms with E-state index in [9.17, 15) is 0 Å². The van der Waals surface area contributed by atoms with Gasteiger partial charge in [-0.1, -0.05) is 22.9 Å². The molecule has 0 radical (unpaired) electrons. The molecule has 0 N–H and O–H groups in total. The summed E-state index contributed by atoms with van der Waals surface area (Å²) in [5.41, 5.74) is 0. The first-order chi connectivity index (χ1) is 1.41. The van der Waals surface area contributed by atoms with Crippen molar-refractivity contribution in [1.82, 2.24) is 0 Å². The second kappa shape index (κ2) is 16.6. The van der Waals surface area contributed by atoms with Crippen molar-refractivity contribution in [2.24, 2.45) is 0 Å². The van der Waals surface area contributed by atoms with Crippen molar-refractivity contribution < 1.29 is 0 Å². The molecule has 0 atom stereocenters. The van der Waals surface area contributed by atoms with Gasteiger partial charge in [-0.3, -0.25) is 0 Å². The van der Waals surface area contributed by atoms with Crippen LogP contribution in [0.25, 0.3) is 0 Å². The average molecular weight is 158 g/mol. The summed E-state index contributed by atoms with van der Waals surface area (Å²) in [5, 5.41) is 1.06. The molecule has 0 aliphatic carbocycles. The van der Waals surface area contributed by atoms with Crippen molar-refractivity contribution in [3.63, 3.8) is 0 Å². The van der Waals surface area contributed by atoms with Crippen LogP contribution in [0.3, 0.4) is 0 Å². The number of alkyl halides is 1. The van der Waals surface area contributed by atoms with E-state index in [1.807, 2.05) is 6.92 Å². The maximum Gasteiger partial charge on any atom is 2.00 e. The van der Waals surface area contributed by atoms with E-state index in [4.69, 9.17) is 0 Å². The molecule has 0 aromatic carbocycles. The zero-order valence-electron chi connectivity index (χ0n) is 3.50. The Morgan fingerprint density at radius 2 is 1.40 bits per heavy atom. The third kappa shape index (κ3) is 23.9. The second-order valence-corrected chi connectivity index (χ2v) is 1.39. The topological polar surface area (TPSA) is 0 Å². The van der Waals surface area contributed by atoms with Gasteiger partial charge in [0.05, 0.1) is 0 Å². The van der Waals surface area contributed by atoms with Crippen LogP contribution < -0.4 is 0 Å². The van der Waals surface area contributed by atoms with Crippen LogP contribution in [-0.2, 0) is 0 Å². The molecule has 3 heteroatoms. The predicted octanol–water partition coefficient (Wildman–Crippen LogP) is 0.640. The SMILES string of the molecule is CCBr.[Mg+2].[Mg+2]. The molecular weight excluding hydrogens is 153 g/mol. The summed E-state index contributed by atoms with van der Waals surface area (Å²) in [6.07, 6.45) is 0. The molecule has 0 aromatic rings. The summed E-state index contributed by atoms with van der Waals surface area (Å²) < 4.78 is 0. The van der Waals surface area contributed by atoms with E-state index < -0.39 is 0 Å². The van der Waals surface area contributed by atoms with Gasteiger partial charge in [0.25, 0.3) is 0 Å². The normalized spacial score (nSPS) is 3.60. The Labute approximate surface area is 73.5 Å². The van der Waals surface area contributed by atoms with E-state index in [-0.39, 0.29) is 46.1 Å². The van der Waals surface area contributed by atoms with Gasteiger partial charge in [-0.15, -0.1) is 0 Å². The molecule has 0 amide bonds. The van der Waals surface area contributed by atoms with Crippen LogP contribution in [0.1, 0.15) is 6.92 Å². The van der Waals surface area contributed by atoms with Crippen LogP contribution >= 0.6 is 15.9 Å². The first-order valence-electron chi connectivity index (χ1n) is 0.974. The van der Waals surface area contributed by atoms with Crippen molar-refractivity contribution in [3.8, 4) is 0 Å². The maximum atomic E-state index is 3.15. The quantitative estimate of drug-likeness (QED) is 0.358. The molecule has 0 nitrogen and oxygen atoms in total. The minimum Gasteiger partial charge on any atom is -0.0931 e. The molecule has 0 saturated carbocycles. The third-order valence-electron chi connectivity index (χ3n) is 0. The Bertz CT molecular complexity index is 7.61. The summed E-state index contributed by atoms with van der Waals surface area (Å²) in [5.74, 6) is 0. The zero-order chi connectivity index (χ0) is 2.71. The largest absolute Gasteiger partial charge is 2.00 e. The van der Waals surface area contributed by atoms with Gasteiger partial charge in [0.1, 0.15) is 0 Å². The molecule has 0 heterocycles. The minimum atomic E-state index is 0. The summed E-state index contributed by atoms with van der Waals surface area (Å²) in [6, 6.07) is 0. The molecule has 0 fully saturated rings. The number of hydrogen-bond donors (Lipinski definition) is 0. The molecule has 0 saturated heterocycles. The van der Waals surface area contributed by atoms with Gasteiger partial charge in [0.2, 0.25) is 0 Å². The fourth-order valence-corrected chi connectivity index (χ4v) is 0. The molecule has 20 valence electrons. The van der Waals surface area contributed by atoms with Crippen LogP contribution in [-0.4, -0.2) is 51.4 Å². The molecule has 0 aromatic heterocycles. The molecule has 0 rings (SSSR count). The summed E-state index contributed by atoms with van der Waals surface area (Å²) in [6.45, 7) is 2.04. The van der Waals surface area contributed by atoms with Crippen molar-refractivity contribution in [2.75, 3.05) is 5.33 Å². The Balaban J connectivity index is -0.0000000200. The molecule has 0 aliphatic heterocycles. The van der Waals surface area contributed by atoms with Gasteiger partial charge >= 0.3 is 46.1 Å². The minimum absolute atomic E-state index is 0. The smallest absolute Gasteiger partial charge is 0.0931 e. The van der Waals surface area contributed by atoms with E-state index in [1.54, 1.807) is 0 Å².